The number of phenols is 2. The SMILES string of the molecule is CCOP(=O)(CC)OC(=Cc1cc(C(C)(C)C)c(O)c(C(C)(C)C)c1)C(=O)C=Cc1cc(C(C)(C)C)c(O)c(C(C)(C)C)c1. The van der Waals surface area contributed by atoms with Gasteiger partial charge in [0.2, 0.25) is 5.78 Å². The van der Waals surface area contributed by atoms with Crippen molar-refractivity contribution < 1.29 is 28.6 Å². The number of hydrogen-bond acceptors (Lipinski definition) is 6. The predicted octanol–water partition coefficient (Wildman–Crippen LogP) is 10.2. The maximum Gasteiger partial charge on any atom is 0.379 e. The summed E-state index contributed by atoms with van der Waals surface area (Å²) >= 11 is 0. The normalized spacial score (nSPS) is 15.0. The number of rotatable bonds is 9. The van der Waals surface area contributed by atoms with Crippen molar-refractivity contribution >= 4 is 25.5 Å². The van der Waals surface area contributed by atoms with Gasteiger partial charge in [-0.25, -0.2) is 4.57 Å². The molecule has 0 radical (unpaired) electrons. The van der Waals surface area contributed by atoms with Crippen LogP contribution < -0.4 is 0 Å². The van der Waals surface area contributed by atoms with Crippen LogP contribution in [-0.2, 0) is 40.1 Å². The smallest absolute Gasteiger partial charge is 0.379 e. The molecule has 44 heavy (non-hydrogen) atoms. The molecule has 0 saturated carbocycles. The number of phenolic OH excluding ortho intramolecular Hbond substituents is 2. The molecule has 0 fully saturated rings. The lowest BCUT2D eigenvalue weighted by Crippen LogP contribution is -2.17. The zero-order valence-electron chi connectivity index (χ0n) is 29.4. The van der Waals surface area contributed by atoms with Crippen LogP contribution in [0.2, 0.25) is 0 Å². The fraction of sp³-hybridized carbons (Fsp3) is 0.541. The quantitative estimate of drug-likeness (QED) is 0.163. The van der Waals surface area contributed by atoms with Crippen LogP contribution in [-0.4, -0.2) is 28.8 Å². The van der Waals surface area contributed by atoms with E-state index in [2.05, 4.69) is 0 Å². The molecule has 0 spiro atoms. The highest BCUT2D eigenvalue weighted by atomic mass is 31.2. The monoisotopic (exact) mass is 626 g/mol. The van der Waals surface area contributed by atoms with Crippen LogP contribution in [0.4, 0.5) is 0 Å². The van der Waals surface area contributed by atoms with Gasteiger partial charge in [0.05, 0.1) is 12.8 Å². The molecule has 0 aromatic heterocycles. The van der Waals surface area contributed by atoms with Crippen LogP contribution in [0.1, 0.15) is 130 Å². The third-order valence-electron chi connectivity index (χ3n) is 7.41. The summed E-state index contributed by atoms with van der Waals surface area (Å²) in [6.07, 6.45) is 4.76. The lowest BCUT2D eigenvalue weighted by Gasteiger charge is -2.28. The van der Waals surface area contributed by atoms with E-state index >= 15 is 0 Å². The lowest BCUT2D eigenvalue weighted by atomic mass is 9.78. The van der Waals surface area contributed by atoms with Crippen LogP contribution in [0, 0.1) is 0 Å². The number of aromatic hydroxyl groups is 2. The Kier molecular flexibility index (Phi) is 11.3. The van der Waals surface area contributed by atoms with Crippen LogP contribution in [0.15, 0.2) is 36.1 Å². The molecule has 7 heteroatoms. The van der Waals surface area contributed by atoms with E-state index in [-0.39, 0.29) is 51.7 Å². The Balaban J connectivity index is 2.80. The van der Waals surface area contributed by atoms with Crippen molar-refractivity contribution in [1.82, 2.24) is 0 Å². The number of carbonyl (C=O) groups excluding carboxylic acids is 1. The van der Waals surface area contributed by atoms with Crippen molar-refractivity contribution in [2.24, 2.45) is 0 Å². The average Bonchev–Trinajstić information content (AvgIpc) is 2.85. The molecule has 2 rings (SSSR count). The first-order chi connectivity index (χ1) is 19.8. The van der Waals surface area contributed by atoms with Gasteiger partial charge < -0.3 is 19.3 Å². The number of benzene rings is 2. The summed E-state index contributed by atoms with van der Waals surface area (Å²) in [5, 5.41) is 22.3. The number of carbonyl (C=O) groups is 1. The summed E-state index contributed by atoms with van der Waals surface area (Å²) in [5.74, 6) is -0.115. The lowest BCUT2D eigenvalue weighted by molar-refractivity contribution is -0.113. The van der Waals surface area contributed by atoms with Gasteiger partial charge in [-0.15, -0.1) is 0 Å². The van der Waals surface area contributed by atoms with E-state index in [0.717, 1.165) is 27.8 Å². The van der Waals surface area contributed by atoms with Gasteiger partial charge in [-0.05, 0) is 76.1 Å². The molecule has 0 aliphatic rings. The molecule has 0 aliphatic carbocycles. The Morgan fingerprint density at radius 1 is 0.705 bits per heavy atom. The maximum absolute atomic E-state index is 13.8. The minimum atomic E-state index is -3.61. The number of ketones is 1. The standard InChI is InChI=1S/C37H55O6P/c1-15-42-44(41,16-2)43-31(23-25-21-28(36(9,10)11)33(40)29(22-25)37(12,13)14)30(38)18-17-24-19-26(34(3,4)5)32(39)27(20-24)35(6,7)8/h17-23,39-40H,15-16H2,1-14H3. The fourth-order valence-electron chi connectivity index (χ4n) is 4.86. The molecular weight excluding hydrogens is 571 g/mol. The Bertz CT molecular complexity index is 1400. The minimum absolute atomic E-state index is 0.0904. The molecule has 0 saturated heterocycles. The maximum atomic E-state index is 13.8. The average molecular weight is 627 g/mol. The first-order valence-electron chi connectivity index (χ1n) is 15.5. The zero-order valence-corrected chi connectivity index (χ0v) is 30.3. The van der Waals surface area contributed by atoms with E-state index in [4.69, 9.17) is 9.05 Å². The molecule has 2 N–H and O–H groups in total. The van der Waals surface area contributed by atoms with Gasteiger partial charge in [-0.1, -0.05) is 96.1 Å². The Morgan fingerprint density at radius 2 is 1.07 bits per heavy atom. The van der Waals surface area contributed by atoms with Crippen molar-refractivity contribution in [2.75, 3.05) is 12.8 Å². The summed E-state index contributed by atoms with van der Waals surface area (Å²) in [4.78, 5) is 13.8. The second-order valence-corrected chi connectivity index (χ2v) is 17.9. The molecule has 1 atom stereocenters. The van der Waals surface area contributed by atoms with Gasteiger partial charge in [0, 0.05) is 22.3 Å². The van der Waals surface area contributed by atoms with Gasteiger partial charge in [-0.3, -0.25) is 4.79 Å². The third kappa shape index (κ3) is 9.34. The van der Waals surface area contributed by atoms with E-state index in [1.807, 2.05) is 107 Å². The molecule has 0 heterocycles. The highest BCUT2D eigenvalue weighted by Gasteiger charge is 2.30. The Morgan fingerprint density at radius 3 is 1.39 bits per heavy atom. The van der Waals surface area contributed by atoms with Gasteiger partial charge in [0.25, 0.3) is 0 Å². The largest absolute Gasteiger partial charge is 0.507 e. The number of allylic oxidation sites excluding steroid dienone is 1. The van der Waals surface area contributed by atoms with Crippen LogP contribution in [0.5, 0.6) is 11.5 Å². The highest BCUT2D eigenvalue weighted by molar-refractivity contribution is 7.54. The Hall–Kier alpha value is -2.82. The van der Waals surface area contributed by atoms with Crippen molar-refractivity contribution in [3.8, 4) is 11.5 Å². The topological polar surface area (TPSA) is 93.1 Å². The van der Waals surface area contributed by atoms with Crippen molar-refractivity contribution in [1.29, 1.82) is 0 Å². The molecule has 1 unspecified atom stereocenters. The van der Waals surface area contributed by atoms with Crippen molar-refractivity contribution in [3.05, 3.63) is 69.5 Å². The highest BCUT2D eigenvalue weighted by Crippen LogP contribution is 2.50. The molecule has 244 valence electrons. The second-order valence-electron chi connectivity index (χ2n) is 15.6. The molecule has 6 nitrogen and oxygen atoms in total. The van der Waals surface area contributed by atoms with E-state index in [0.29, 0.717) is 5.56 Å². The first kappa shape index (κ1) is 37.4. The minimum Gasteiger partial charge on any atom is -0.507 e. The molecule has 0 amide bonds. The molecular formula is C37H55O6P. The van der Waals surface area contributed by atoms with Gasteiger partial charge in [-0.2, -0.15) is 0 Å². The number of hydrogen-bond donors (Lipinski definition) is 2. The zero-order chi connectivity index (χ0) is 34.1. The van der Waals surface area contributed by atoms with Crippen LogP contribution in [0.25, 0.3) is 12.2 Å². The summed E-state index contributed by atoms with van der Waals surface area (Å²) in [5.41, 5.74) is 3.01. The van der Waals surface area contributed by atoms with Crippen LogP contribution >= 0.6 is 7.60 Å². The molecule has 0 bridgehead atoms. The van der Waals surface area contributed by atoms with E-state index in [9.17, 15) is 19.6 Å². The predicted molar refractivity (Wildman–Crippen MR) is 184 cm³/mol. The Labute approximate surface area is 266 Å². The van der Waals surface area contributed by atoms with Gasteiger partial charge in [0.15, 0.2) is 5.76 Å². The second kappa shape index (κ2) is 13.3. The summed E-state index contributed by atoms with van der Waals surface area (Å²) in [7, 11) is -3.61. The van der Waals surface area contributed by atoms with E-state index in [1.54, 1.807) is 26.0 Å². The molecule has 0 aliphatic heterocycles. The summed E-state index contributed by atoms with van der Waals surface area (Å²) in [6.45, 7) is 27.9. The van der Waals surface area contributed by atoms with E-state index < -0.39 is 13.4 Å². The van der Waals surface area contributed by atoms with Crippen LogP contribution in [0.3, 0.4) is 0 Å². The third-order valence-corrected chi connectivity index (χ3v) is 9.32. The van der Waals surface area contributed by atoms with Crippen molar-refractivity contribution in [3.63, 3.8) is 0 Å². The summed E-state index contributed by atoms with van der Waals surface area (Å²) in [6, 6.07) is 7.46. The molecule has 2 aromatic carbocycles. The molecule has 2 aromatic rings. The van der Waals surface area contributed by atoms with Crippen molar-refractivity contribution in [2.45, 2.75) is 119 Å². The van der Waals surface area contributed by atoms with Gasteiger partial charge in [0.1, 0.15) is 11.5 Å². The fourth-order valence-corrected chi connectivity index (χ4v) is 6.06. The van der Waals surface area contributed by atoms with Gasteiger partial charge >= 0.3 is 7.60 Å². The summed E-state index contributed by atoms with van der Waals surface area (Å²) < 4.78 is 24.9. The first-order valence-corrected chi connectivity index (χ1v) is 17.2. The van der Waals surface area contributed by atoms with E-state index in [1.165, 1.54) is 6.08 Å².